The van der Waals surface area contributed by atoms with Crippen molar-refractivity contribution >= 4 is 24.9 Å². The molecule has 5 atom stereocenters. The predicted molar refractivity (Wildman–Crippen MR) is 135 cm³/mol. The van der Waals surface area contributed by atoms with E-state index in [1.807, 2.05) is 0 Å². The van der Waals surface area contributed by atoms with Crippen LogP contribution in [0.1, 0.15) is 22.1 Å². The topological polar surface area (TPSA) is 244 Å². The summed E-state index contributed by atoms with van der Waals surface area (Å²) in [5.74, 6) is 4.01. The zero-order chi connectivity index (χ0) is 30.1. The number of nitrogens with one attached hydrogen (secondary N) is 2. The number of benzene rings is 1. The zero-order valence-corrected chi connectivity index (χ0v) is 22.2. The minimum Gasteiger partial charge on any atom is -0.381 e. The summed E-state index contributed by atoms with van der Waals surface area (Å²) < 4.78 is 35.1. The minimum atomic E-state index is -4.01. The van der Waals surface area contributed by atoms with Crippen molar-refractivity contribution in [1.29, 1.82) is 0 Å². The molecule has 2 unspecified atom stereocenters. The monoisotopic (exact) mass is 595 g/mol. The third kappa shape index (κ3) is 6.10. The van der Waals surface area contributed by atoms with Crippen LogP contribution in [0.4, 0.5) is 11.4 Å². The Morgan fingerprint density at radius 1 is 1.34 bits per heavy atom. The summed E-state index contributed by atoms with van der Waals surface area (Å²) in [6, 6.07) is 2.51. The Bertz CT molecular complexity index is 1640. The van der Waals surface area contributed by atoms with Crippen LogP contribution in [0.2, 0.25) is 0 Å². The smallest absolute Gasteiger partial charge is 0.330 e. The third-order valence-corrected chi connectivity index (χ3v) is 6.73. The molecule has 1 aromatic carbocycles. The SMILES string of the molecule is COC[C@]12CO[C@@H](C1OP(C)(=O)O)[C@H](n1cc(C#CCNC(=O)c3ccc([N+](=O)[O-])cc3[N+](=O)[O-])c(=O)[nH]c1=O)O2. The molecule has 2 aliphatic heterocycles. The third-order valence-electron chi connectivity index (χ3n) is 6.11. The number of carbonyl (C=O) groups is 1. The molecule has 2 aliphatic rings. The van der Waals surface area contributed by atoms with Crippen molar-refractivity contribution in [1.82, 2.24) is 14.9 Å². The van der Waals surface area contributed by atoms with Crippen LogP contribution in [0.15, 0.2) is 34.0 Å². The van der Waals surface area contributed by atoms with Crippen molar-refractivity contribution in [2.75, 3.05) is 33.5 Å². The number of rotatable bonds is 9. The first-order valence-electron chi connectivity index (χ1n) is 11.6. The average Bonchev–Trinajstić information content (AvgIpc) is 3.36. The van der Waals surface area contributed by atoms with Crippen LogP contribution >= 0.6 is 7.60 Å². The van der Waals surface area contributed by atoms with E-state index < -0.39 is 82.1 Å². The highest BCUT2D eigenvalue weighted by Gasteiger charge is 2.64. The maximum absolute atomic E-state index is 12.6. The van der Waals surface area contributed by atoms with Gasteiger partial charge in [0.05, 0.1) is 35.7 Å². The van der Waals surface area contributed by atoms with E-state index in [1.165, 1.54) is 7.11 Å². The quantitative estimate of drug-likeness (QED) is 0.145. The Kier molecular flexibility index (Phi) is 8.22. The summed E-state index contributed by atoms with van der Waals surface area (Å²) in [5.41, 5.74) is -5.10. The first-order chi connectivity index (χ1) is 19.3. The number of methoxy groups -OCH3 is 1. The van der Waals surface area contributed by atoms with E-state index in [1.54, 1.807) is 0 Å². The van der Waals surface area contributed by atoms with E-state index in [4.69, 9.17) is 18.7 Å². The normalized spacial score (nSPS) is 24.2. The number of ether oxygens (including phenoxy) is 3. The van der Waals surface area contributed by atoms with Crippen molar-refractivity contribution in [3.63, 3.8) is 0 Å². The van der Waals surface area contributed by atoms with Gasteiger partial charge in [0.1, 0.15) is 28.9 Å². The largest absolute Gasteiger partial charge is 0.381 e. The standard InChI is InChI=1S/C22H22N5O13P/c1-37-10-22-11-38-16(17(22)40-41(2,35)36)20(39-22)25-9-12(18(28)24-21(25)30)4-3-7-23-19(29)14-6-5-13(26(31)32)8-15(14)27(33)34/h5-6,8-9,16-17,20H,7,10-11H2,1-2H3,(H,23,29)(H,35,36)(H,24,28,30)/t16-,17?,20+,22-/m0/s1. The van der Waals surface area contributed by atoms with Gasteiger partial charge in [-0.05, 0) is 6.07 Å². The van der Waals surface area contributed by atoms with Gasteiger partial charge in [0.25, 0.3) is 22.8 Å². The van der Waals surface area contributed by atoms with E-state index in [0.29, 0.717) is 6.07 Å². The second-order valence-corrected chi connectivity index (χ2v) is 10.8. The molecule has 3 N–H and O–H groups in total. The fourth-order valence-corrected chi connectivity index (χ4v) is 5.16. The number of aromatic amines is 1. The van der Waals surface area contributed by atoms with Crippen molar-refractivity contribution in [2.24, 2.45) is 0 Å². The van der Waals surface area contributed by atoms with Crippen LogP contribution < -0.4 is 16.6 Å². The lowest BCUT2D eigenvalue weighted by atomic mass is 10.0. The minimum absolute atomic E-state index is 0.0515. The van der Waals surface area contributed by atoms with Crippen LogP contribution in [0, 0.1) is 32.1 Å². The second-order valence-electron chi connectivity index (χ2n) is 9.02. The predicted octanol–water partition coefficient (Wildman–Crippen LogP) is -0.352. The van der Waals surface area contributed by atoms with Gasteiger partial charge < -0.3 is 24.4 Å². The van der Waals surface area contributed by atoms with Gasteiger partial charge in [0.15, 0.2) is 6.23 Å². The maximum Gasteiger partial charge on any atom is 0.330 e. The molecule has 3 heterocycles. The Hall–Kier alpha value is -4.24. The summed E-state index contributed by atoms with van der Waals surface area (Å²) in [6.07, 6.45) is -2.22. The lowest BCUT2D eigenvalue weighted by Crippen LogP contribution is -2.46. The highest BCUT2D eigenvalue weighted by Crippen LogP contribution is 2.52. The van der Waals surface area contributed by atoms with Gasteiger partial charge in [-0.15, -0.1) is 0 Å². The van der Waals surface area contributed by atoms with Crippen molar-refractivity contribution in [3.05, 3.63) is 76.6 Å². The van der Waals surface area contributed by atoms with Crippen LogP contribution in [-0.2, 0) is 23.3 Å². The van der Waals surface area contributed by atoms with Crippen LogP contribution in [0.25, 0.3) is 0 Å². The number of hydrogen-bond donors (Lipinski definition) is 3. The molecule has 4 rings (SSSR count). The molecule has 18 nitrogen and oxygen atoms in total. The van der Waals surface area contributed by atoms with E-state index in [0.717, 1.165) is 29.6 Å². The van der Waals surface area contributed by atoms with Gasteiger partial charge >= 0.3 is 13.3 Å². The molecular weight excluding hydrogens is 573 g/mol. The maximum atomic E-state index is 12.6. The number of hydrogen-bond acceptors (Lipinski definition) is 12. The van der Waals surface area contributed by atoms with Gasteiger partial charge in [-0.2, -0.15) is 0 Å². The number of nitrogens with zero attached hydrogens (tertiary/aromatic N) is 3. The molecule has 2 bridgehead atoms. The molecule has 0 spiro atoms. The number of fused-ring (bicyclic) bond motifs is 2. The number of nitro benzene ring substituents is 2. The number of amides is 1. The molecule has 41 heavy (non-hydrogen) atoms. The summed E-state index contributed by atoms with van der Waals surface area (Å²) in [5, 5.41) is 24.4. The van der Waals surface area contributed by atoms with E-state index in [9.17, 15) is 44.1 Å². The summed E-state index contributed by atoms with van der Waals surface area (Å²) >= 11 is 0. The average molecular weight is 595 g/mol. The van der Waals surface area contributed by atoms with Crippen LogP contribution in [0.5, 0.6) is 0 Å². The number of H-pyrrole nitrogens is 1. The van der Waals surface area contributed by atoms with E-state index in [-0.39, 0.29) is 18.8 Å². The van der Waals surface area contributed by atoms with Crippen molar-refractivity contribution in [3.8, 4) is 11.8 Å². The van der Waals surface area contributed by atoms with Gasteiger partial charge in [-0.1, -0.05) is 11.8 Å². The number of carbonyl (C=O) groups excluding carboxylic acids is 1. The lowest BCUT2D eigenvalue weighted by Gasteiger charge is -2.31. The molecule has 0 radical (unpaired) electrons. The molecule has 2 aromatic rings. The highest BCUT2D eigenvalue weighted by atomic mass is 31.2. The Morgan fingerprint density at radius 3 is 2.71 bits per heavy atom. The van der Waals surface area contributed by atoms with E-state index >= 15 is 0 Å². The van der Waals surface area contributed by atoms with Crippen molar-refractivity contribution < 1.29 is 42.8 Å². The summed E-state index contributed by atoms with van der Waals surface area (Å²) in [7, 11) is -2.64. The molecule has 0 aliphatic carbocycles. The number of aromatic nitrogens is 2. The Morgan fingerprint density at radius 2 is 2.07 bits per heavy atom. The molecule has 2 saturated heterocycles. The second kappa shape index (κ2) is 11.3. The van der Waals surface area contributed by atoms with Gasteiger partial charge in [-0.3, -0.25) is 48.5 Å². The molecule has 1 aromatic heterocycles. The molecule has 1 amide bonds. The summed E-state index contributed by atoms with van der Waals surface area (Å²) in [6.45, 7) is 0.442. The lowest BCUT2D eigenvalue weighted by molar-refractivity contribution is -0.394. The van der Waals surface area contributed by atoms with E-state index in [2.05, 4.69) is 22.1 Å². The van der Waals surface area contributed by atoms with Gasteiger partial charge in [-0.25, -0.2) is 4.79 Å². The molecule has 0 saturated carbocycles. The summed E-state index contributed by atoms with van der Waals surface area (Å²) in [4.78, 5) is 69.7. The molecular formula is C22H22N5O13P. The first kappa shape index (κ1) is 29.7. The number of nitro groups is 2. The fraction of sp³-hybridized carbons (Fsp3) is 0.409. The van der Waals surface area contributed by atoms with Crippen LogP contribution in [0.3, 0.4) is 0 Å². The number of non-ortho nitro benzene ring substituents is 1. The van der Waals surface area contributed by atoms with Crippen molar-refractivity contribution in [2.45, 2.75) is 24.0 Å². The molecule has 218 valence electrons. The highest BCUT2D eigenvalue weighted by molar-refractivity contribution is 7.51. The molecule has 19 heteroatoms. The van der Waals surface area contributed by atoms with Gasteiger partial charge in [0, 0.05) is 26.0 Å². The zero-order valence-electron chi connectivity index (χ0n) is 21.3. The molecule has 2 fully saturated rings. The Balaban J connectivity index is 1.54. The Labute approximate surface area is 229 Å². The first-order valence-corrected chi connectivity index (χ1v) is 13.6. The fourth-order valence-electron chi connectivity index (χ4n) is 4.43. The van der Waals surface area contributed by atoms with Crippen LogP contribution in [-0.4, -0.2) is 81.5 Å². The van der Waals surface area contributed by atoms with Gasteiger partial charge in [0.2, 0.25) is 0 Å².